The number of amides is 1. The molecular formula is C23H31FN4O3S. The van der Waals surface area contributed by atoms with Gasteiger partial charge >= 0.3 is 0 Å². The van der Waals surface area contributed by atoms with Crippen molar-refractivity contribution in [3.8, 4) is 0 Å². The van der Waals surface area contributed by atoms with Crippen molar-refractivity contribution < 1.29 is 13.9 Å². The summed E-state index contributed by atoms with van der Waals surface area (Å²) in [5.74, 6) is -0.356. The smallest absolute Gasteiger partial charge is 0.257 e. The Bertz CT molecular complexity index is 974. The molecule has 1 amide bonds. The predicted octanol–water partition coefficient (Wildman–Crippen LogP) is 2.14. The first kappa shape index (κ1) is 24.4. The zero-order chi connectivity index (χ0) is 23.1. The minimum Gasteiger partial charge on any atom is -0.379 e. The molecule has 0 aliphatic carbocycles. The summed E-state index contributed by atoms with van der Waals surface area (Å²) in [5.41, 5.74) is 1.90. The van der Waals surface area contributed by atoms with Crippen molar-refractivity contribution in [2.24, 2.45) is 7.05 Å². The van der Waals surface area contributed by atoms with Gasteiger partial charge in [-0.15, -0.1) is 0 Å². The molecule has 9 heteroatoms. The van der Waals surface area contributed by atoms with Gasteiger partial charge in [0.1, 0.15) is 5.82 Å². The number of halogens is 1. The summed E-state index contributed by atoms with van der Waals surface area (Å²) in [6, 6.07) is 6.11. The van der Waals surface area contributed by atoms with E-state index >= 15 is 0 Å². The lowest BCUT2D eigenvalue weighted by Gasteiger charge is -2.26. The van der Waals surface area contributed by atoms with E-state index in [1.165, 1.54) is 28.5 Å². The van der Waals surface area contributed by atoms with E-state index in [4.69, 9.17) is 4.74 Å². The van der Waals surface area contributed by atoms with Crippen LogP contribution in [0.3, 0.4) is 0 Å². The fourth-order valence-corrected chi connectivity index (χ4v) is 4.61. The zero-order valence-electron chi connectivity index (χ0n) is 18.9. The highest BCUT2D eigenvalue weighted by Gasteiger charge is 2.22. The Labute approximate surface area is 192 Å². The molecule has 1 saturated heterocycles. The van der Waals surface area contributed by atoms with Gasteiger partial charge < -0.3 is 10.1 Å². The van der Waals surface area contributed by atoms with Crippen molar-refractivity contribution in [1.29, 1.82) is 0 Å². The second-order valence-corrected chi connectivity index (χ2v) is 9.06. The molecule has 1 atom stereocenters. The second-order valence-electron chi connectivity index (χ2n) is 7.89. The standard InChI is InChI=1S/C23H31FN4O3S/c1-4-20(21(29)25-9-10-28-11-13-31-14-12-28)32-23-26-16(2)19(22(30)27(23)3)15-17-5-7-18(24)8-6-17/h5-8,20H,4,9-15H2,1-3H3,(H,25,29). The Morgan fingerprint density at radius 1 is 1.28 bits per heavy atom. The molecule has 1 aromatic carbocycles. The summed E-state index contributed by atoms with van der Waals surface area (Å²) in [4.78, 5) is 32.6. The van der Waals surface area contributed by atoms with Crippen LogP contribution in [0.4, 0.5) is 4.39 Å². The molecule has 7 nitrogen and oxygen atoms in total. The lowest BCUT2D eigenvalue weighted by Crippen LogP contribution is -2.43. The maximum absolute atomic E-state index is 13.2. The average molecular weight is 463 g/mol. The first-order valence-corrected chi connectivity index (χ1v) is 11.8. The van der Waals surface area contributed by atoms with Crippen LogP contribution in [-0.2, 0) is 23.0 Å². The monoisotopic (exact) mass is 462 g/mol. The van der Waals surface area contributed by atoms with Crippen LogP contribution in [0, 0.1) is 12.7 Å². The molecule has 1 fully saturated rings. The minimum absolute atomic E-state index is 0.0481. The quantitative estimate of drug-likeness (QED) is 0.455. The minimum atomic E-state index is -0.333. The van der Waals surface area contributed by atoms with Gasteiger partial charge in [0.15, 0.2) is 5.16 Å². The third-order valence-electron chi connectivity index (χ3n) is 5.59. The van der Waals surface area contributed by atoms with E-state index in [9.17, 15) is 14.0 Å². The number of thioether (sulfide) groups is 1. The highest BCUT2D eigenvalue weighted by molar-refractivity contribution is 8.00. The number of hydrogen-bond acceptors (Lipinski definition) is 6. The second kappa shape index (κ2) is 11.6. The summed E-state index contributed by atoms with van der Waals surface area (Å²) in [7, 11) is 1.67. The number of nitrogens with one attached hydrogen (secondary N) is 1. The number of morpholine rings is 1. The highest BCUT2D eigenvalue weighted by atomic mass is 32.2. The molecule has 0 bridgehead atoms. The van der Waals surface area contributed by atoms with Crippen LogP contribution >= 0.6 is 11.8 Å². The van der Waals surface area contributed by atoms with Gasteiger partial charge in [0, 0.05) is 50.9 Å². The summed E-state index contributed by atoms with van der Waals surface area (Å²) in [6.07, 6.45) is 1.01. The van der Waals surface area contributed by atoms with Crippen molar-refractivity contribution >= 4 is 17.7 Å². The van der Waals surface area contributed by atoms with Crippen LogP contribution in [0.25, 0.3) is 0 Å². The summed E-state index contributed by atoms with van der Waals surface area (Å²) >= 11 is 1.31. The molecule has 1 aromatic heterocycles. The van der Waals surface area contributed by atoms with E-state index in [-0.39, 0.29) is 22.5 Å². The number of carbonyl (C=O) groups excluding carboxylic acids is 1. The van der Waals surface area contributed by atoms with Gasteiger partial charge in [0.05, 0.1) is 18.5 Å². The van der Waals surface area contributed by atoms with Gasteiger partial charge in [0.25, 0.3) is 5.56 Å². The third kappa shape index (κ3) is 6.40. The number of nitrogens with zero attached hydrogens (tertiary/aromatic N) is 3. The first-order chi connectivity index (χ1) is 15.4. The summed E-state index contributed by atoms with van der Waals surface area (Å²) in [6.45, 7) is 8.37. The van der Waals surface area contributed by atoms with Gasteiger partial charge in [0.2, 0.25) is 5.91 Å². The third-order valence-corrected chi connectivity index (χ3v) is 6.99. The molecule has 0 saturated carbocycles. The highest BCUT2D eigenvalue weighted by Crippen LogP contribution is 2.24. The molecule has 1 aliphatic rings. The number of aryl methyl sites for hydroxylation is 1. The summed E-state index contributed by atoms with van der Waals surface area (Å²) < 4.78 is 20.0. The normalized spacial score (nSPS) is 15.5. The van der Waals surface area contributed by atoms with Gasteiger partial charge in [-0.2, -0.15) is 0 Å². The van der Waals surface area contributed by atoms with Crippen LogP contribution < -0.4 is 10.9 Å². The first-order valence-electron chi connectivity index (χ1n) is 10.9. The predicted molar refractivity (Wildman–Crippen MR) is 124 cm³/mol. The fourth-order valence-electron chi connectivity index (χ4n) is 3.57. The Kier molecular flexibility index (Phi) is 8.84. The molecule has 3 rings (SSSR count). The van der Waals surface area contributed by atoms with Crippen molar-refractivity contribution in [3.63, 3.8) is 0 Å². The molecule has 32 heavy (non-hydrogen) atoms. The number of ether oxygens (including phenoxy) is 1. The number of hydrogen-bond donors (Lipinski definition) is 1. The van der Waals surface area contributed by atoms with E-state index < -0.39 is 0 Å². The number of rotatable bonds is 9. The van der Waals surface area contributed by atoms with Crippen LogP contribution in [0.15, 0.2) is 34.2 Å². The van der Waals surface area contributed by atoms with Gasteiger partial charge in [-0.05, 0) is 31.0 Å². The maximum Gasteiger partial charge on any atom is 0.257 e. The molecule has 0 radical (unpaired) electrons. The van der Waals surface area contributed by atoms with E-state index in [2.05, 4.69) is 15.2 Å². The van der Waals surface area contributed by atoms with E-state index in [1.807, 2.05) is 6.92 Å². The van der Waals surface area contributed by atoms with E-state index in [0.717, 1.165) is 38.4 Å². The van der Waals surface area contributed by atoms with Gasteiger partial charge in [-0.3, -0.25) is 19.1 Å². The zero-order valence-corrected chi connectivity index (χ0v) is 19.7. The Morgan fingerprint density at radius 2 is 1.97 bits per heavy atom. The van der Waals surface area contributed by atoms with Crippen molar-refractivity contribution in [2.75, 3.05) is 39.4 Å². The van der Waals surface area contributed by atoms with Gasteiger partial charge in [-0.1, -0.05) is 30.8 Å². The number of aromatic nitrogens is 2. The Morgan fingerprint density at radius 3 is 2.62 bits per heavy atom. The fraction of sp³-hybridized carbons (Fsp3) is 0.522. The van der Waals surface area contributed by atoms with Crippen molar-refractivity contribution in [1.82, 2.24) is 19.8 Å². The topological polar surface area (TPSA) is 76.5 Å². The SMILES string of the molecule is CCC(Sc1nc(C)c(Cc2ccc(F)cc2)c(=O)n1C)C(=O)NCCN1CCOCC1. The van der Waals surface area contributed by atoms with E-state index in [0.29, 0.717) is 35.8 Å². The number of carbonyl (C=O) groups is 1. The van der Waals surface area contributed by atoms with Crippen LogP contribution in [-0.4, -0.2) is 65.0 Å². The van der Waals surface area contributed by atoms with Crippen molar-refractivity contribution in [2.45, 2.75) is 37.1 Å². The molecule has 1 unspecified atom stereocenters. The molecular weight excluding hydrogens is 431 g/mol. The van der Waals surface area contributed by atoms with Crippen LogP contribution in [0.5, 0.6) is 0 Å². The molecule has 1 N–H and O–H groups in total. The summed E-state index contributed by atoms with van der Waals surface area (Å²) in [5, 5.41) is 3.20. The molecule has 0 spiro atoms. The van der Waals surface area contributed by atoms with Gasteiger partial charge in [-0.25, -0.2) is 9.37 Å². The van der Waals surface area contributed by atoms with E-state index in [1.54, 1.807) is 26.1 Å². The number of benzene rings is 1. The lowest BCUT2D eigenvalue weighted by atomic mass is 10.1. The molecule has 1 aliphatic heterocycles. The van der Waals surface area contributed by atoms with Crippen molar-refractivity contribution in [3.05, 3.63) is 57.3 Å². The van der Waals surface area contributed by atoms with Crippen LogP contribution in [0.1, 0.15) is 30.2 Å². The molecule has 2 heterocycles. The maximum atomic E-state index is 13.2. The molecule has 174 valence electrons. The average Bonchev–Trinajstić information content (AvgIpc) is 2.80. The molecule has 2 aromatic rings. The largest absolute Gasteiger partial charge is 0.379 e. The Hall–Kier alpha value is -2.23. The van der Waals surface area contributed by atoms with Crippen LogP contribution in [0.2, 0.25) is 0 Å². The Balaban J connectivity index is 1.64. The lowest BCUT2D eigenvalue weighted by molar-refractivity contribution is -0.120.